The van der Waals surface area contributed by atoms with Crippen LogP contribution in [0.15, 0.2) is 4.99 Å². The molecule has 0 saturated heterocycles. The van der Waals surface area contributed by atoms with E-state index in [0.29, 0.717) is 0 Å². The van der Waals surface area contributed by atoms with Gasteiger partial charge in [0.05, 0.1) is 6.54 Å². The van der Waals surface area contributed by atoms with Crippen LogP contribution >= 0.6 is 19.1 Å². The van der Waals surface area contributed by atoms with Gasteiger partial charge in [0, 0.05) is 17.1 Å². The molecule has 0 radical (unpaired) electrons. The smallest absolute Gasteiger partial charge is 0.176 e. The zero-order valence-electron chi connectivity index (χ0n) is 9.28. The van der Waals surface area contributed by atoms with Crippen LogP contribution in [0.2, 0.25) is 0 Å². The monoisotopic (exact) mass is 234 g/mol. The Morgan fingerprint density at radius 2 is 1.93 bits per heavy atom. The predicted octanol–water partition coefficient (Wildman–Crippen LogP) is 2.77. The van der Waals surface area contributed by atoms with Crippen molar-refractivity contribution in [2.75, 3.05) is 12.3 Å². The molecule has 1 N–H and O–H groups in total. The number of nitrogens with one attached hydrogen (secondary N) is 1. The summed E-state index contributed by atoms with van der Waals surface area (Å²) in [6.45, 7) is 8.88. The molecule has 0 atom stereocenters. The van der Waals surface area contributed by atoms with Gasteiger partial charge in [0.2, 0.25) is 0 Å². The summed E-state index contributed by atoms with van der Waals surface area (Å²) >= 11 is 1.67. The van der Waals surface area contributed by atoms with Crippen molar-refractivity contribution in [1.29, 1.82) is 0 Å². The molecule has 0 unspecified atom stereocenters. The number of rotatable bonds is 3. The van der Waals surface area contributed by atoms with E-state index in [4.69, 9.17) is 0 Å². The third kappa shape index (κ3) is 2.54. The summed E-state index contributed by atoms with van der Waals surface area (Å²) in [5.41, 5.74) is 0.345. The minimum atomic E-state index is -2.31. The summed E-state index contributed by atoms with van der Waals surface area (Å²) in [5.74, 6) is 1.01. The maximum Gasteiger partial charge on any atom is 0.176 e. The van der Waals surface area contributed by atoms with Crippen molar-refractivity contribution >= 4 is 24.2 Å². The van der Waals surface area contributed by atoms with E-state index in [2.05, 4.69) is 10.1 Å². The topological polar surface area (TPSA) is 41.5 Å². The van der Waals surface area contributed by atoms with E-state index in [1.807, 2.05) is 27.7 Å². The number of amidine groups is 1. The Balaban J connectivity index is 2.74. The van der Waals surface area contributed by atoms with Crippen molar-refractivity contribution in [3.63, 3.8) is 0 Å². The van der Waals surface area contributed by atoms with Crippen molar-refractivity contribution in [3.8, 4) is 0 Å². The van der Waals surface area contributed by atoms with Gasteiger partial charge in [-0.15, -0.1) is 0 Å². The van der Waals surface area contributed by atoms with E-state index in [1.54, 1.807) is 11.8 Å². The first-order valence-corrected chi connectivity index (χ1v) is 7.85. The zero-order chi connectivity index (χ0) is 10.8. The van der Waals surface area contributed by atoms with Crippen LogP contribution in [-0.4, -0.2) is 28.8 Å². The highest BCUT2D eigenvalue weighted by Gasteiger charge is 2.31. The quantitative estimate of drug-likeness (QED) is 0.763. The molecule has 0 aromatic rings. The molecule has 5 heteroatoms. The van der Waals surface area contributed by atoms with Gasteiger partial charge < -0.3 is 5.09 Å². The van der Waals surface area contributed by atoms with Crippen molar-refractivity contribution in [1.82, 2.24) is 5.09 Å². The molecule has 14 heavy (non-hydrogen) atoms. The Morgan fingerprint density at radius 1 is 1.36 bits per heavy atom. The normalized spacial score (nSPS) is 17.7. The molecule has 0 aliphatic carbocycles. The van der Waals surface area contributed by atoms with Gasteiger partial charge in [-0.25, -0.2) is 0 Å². The molecule has 82 valence electrons. The fourth-order valence-corrected chi connectivity index (χ4v) is 4.73. The Labute approximate surface area is 90.6 Å². The SMILES string of the molecule is CC(C)P(=O)(NC1=NCCS1)C(C)C. The molecule has 1 rings (SSSR count). The molecular formula is C9H19N2OPS. The molecule has 1 heterocycles. The van der Waals surface area contributed by atoms with Crippen molar-refractivity contribution in [3.05, 3.63) is 0 Å². The van der Waals surface area contributed by atoms with E-state index >= 15 is 0 Å². The molecule has 1 aliphatic rings. The fraction of sp³-hybridized carbons (Fsp3) is 0.889. The first-order chi connectivity index (χ1) is 6.47. The van der Waals surface area contributed by atoms with Gasteiger partial charge in [0.15, 0.2) is 12.5 Å². The standard InChI is InChI=1S/C9H19N2OPS/c1-7(2)13(12,8(3)4)11-9-10-5-6-14-9/h7-8H,5-6H2,1-4H3,(H,10,11,12). The van der Waals surface area contributed by atoms with Gasteiger partial charge in [-0.2, -0.15) is 0 Å². The summed E-state index contributed by atoms with van der Waals surface area (Å²) in [7, 11) is -2.31. The largest absolute Gasteiger partial charge is 0.315 e. The lowest BCUT2D eigenvalue weighted by Crippen LogP contribution is -2.25. The fourth-order valence-electron chi connectivity index (χ4n) is 1.41. The van der Waals surface area contributed by atoms with E-state index in [1.165, 1.54) is 0 Å². The number of nitrogens with zero attached hydrogens (tertiary/aromatic N) is 1. The molecule has 0 aromatic carbocycles. The maximum atomic E-state index is 12.6. The Hall–Kier alpha value is 0.0500. The van der Waals surface area contributed by atoms with Crippen LogP contribution in [0.1, 0.15) is 27.7 Å². The number of hydrogen-bond acceptors (Lipinski definition) is 3. The van der Waals surface area contributed by atoms with E-state index in [0.717, 1.165) is 17.5 Å². The average Bonchev–Trinajstić information content (AvgIpc) is 2.55. The van der Waals surface area contributed by atoms with Crippen LogP contribution in [0.5, 0.6) is 0 Å². The van der Waals surface area contributed by atoms with Crippen molar-refractivity contribution in [2.45, 2.75) is 39.0 Å². The third-order valence-corrected chi connectivity index (χ3v) is 7.06. The van der Waals surface area contributed by atoms with Gasteiger partial charge in [-0.1, -0.05) is 39.5 Å². The summed E-state index contributed by atoms with van der Waals surface area (Å²) in [6, 6.07) is 0. The highest BCUT2D eigenvalue weighted by molar-refractivity contribution is 8.14. The van der Waals surface area contributed by atoms with Gasteiger partial charge in [-0.3, -0.25) is 9.56 Å². The lowest BCUT2D eigenvalue weighted by molar-refractivity contribution is 0.558. The number of hydrogen-bond donors (Lipinski definition) is 1. The first-order valence-electron chi connectivity index (χ1n) is 5.01. The molecule has 0 spiro atoms. The second-order valence-corrected chi connectivity index (χ2v) is 8.84. The van der Waals surface area contributed by atoms with E-state index in [9.17, 15) is 4.57 Å². The van der Waals surface area contributed by atoms with Crippen LogP contribution in [0.3, 0.4) is 0 Å². The molecule has 0 amide bonds. The minimum Gasteiger partial charge on any atom is -0.315 e. The Morgan fingerprint density at radius 3 is 2.29 bits per heavy atom. The van der Waals surface area contributed by atoms with Crippen LogP contribution in [-0.2, 0) is 4.57 Å². The molecule has 0 saturated carbocycles. The first kappa shape index (κ1) is 12.1. The van der Waals surface area contributed by atoms with Crippen LogP contribution in [0.25, 0.3) is 0 Å². The van der Waals surface area contributed by atoms with Gasteiger partial charge >= 0.3 is 0 Å². The lowest BCUT2D eigenvalue weighted by Gasteiger charge is -2.27. The van der Waals surface area contributed by atoms with Crippen LogP contribution < -0.4 is 5.09 Å². The summed E-state index contributed by atoms with van der Waals surface area (Å²) < 4.78 is 12.6. The minimum absolute atomic E-state index is 0.173. The van der Waals surface area contributed by atoms with Crippen LogP contribution in [0, 0.1) is 0 Å². The molecule has 1 aliphatic heterocycles. The molecule has 0 bridgehead atoms. The molecular weight excluding hydrogens is 215 g/mol. The van der Waals surface area contributed by atoms with Crippen molar-refractivity contribution < 1.29 is 4.57 Å². The average molecular weight is 234 g/mol. The second kappa shape index (κ2) is 4.71. The summed E-state index contributed by atoms with van der Waals surface area (Å²) in [4.78, 5) is 4.28. The van der Waals surface area contributed by atoms with Gasteiger partial charge in [0.25, 0.3) is 0 Å². The van der Waals surface area contributed by atoms with E-state index in [-0.39, 0.29) is 11.3 Å². The Kier molecular flexibility index (Phi) is 4.08. The van der Waals surface area contributed by atoms with Gasteiger partial charge in [-0.05, 0) is 0 Å². The van der Waals surface area contributed by atoms with Crippen molar-refractivity contribution in [2.24, 2.45) is 4.99 Å². The molecule has 0 aromatic heterocycles. The summed E-state index contributed by atoms with van der Waals surface area (Å²) in [5, 5.41) is 4.03. The highest BCUT2D eigenvalue weighted by Crippen LogP contribution is 2.51. The molecule has 0 fully saturated rings. The summed E-state index contributed by atoms with van der Waals surface area (Å²) in [6.07, 6.45) is 0. The number of aliphatic imine (C=N–C) groups is 1. The van der Waals surface area contributed by atoms with Gasteiger partial charge in [0.1, 0.15) is 0 Å². The Bertz CT molecular complexity index is 264. The highest BCUT2D eigenvalue weighted by atomic mass is 32.2. The van der Waals surface area contributed by atoms with E-state index < -0.39 is 7.29 Å². The lowest BCUT2D eigenvalue weighted by atomic mass is 10.5. The second-order valence-electron chi connectivity index (χ2n) is 4.04. The third-order valence-electron chi connectivity index (χ3n) is 2.39. The number of thioether (sulfide) groups is 1. The molecule has 3 nitrogen and oxygen atoms in total. The maximum absolute atomic E-state index is 12.6. The zero-order valence-corrected chi connectivity index (χ0v) is 11.0. The van der Waals surface area contributed by atoms with Crippen LogP contribution in [0.4, 0.5) is 0 Å². The predicted molar refractivity (Wildman–Crippen MR) is 65.8 cm³/mol.